The molecule has 0 bridgehead atoms. The van der Waals surface area contributed by atoms with Gasteiger partial charge in [-0.25, -0.2) is 4.39 Å². The Balaban J connectivity index is 2.23. The maximum atomic E-state index is 12.0. The van der Waals surface area contributed by atoms with Crippen LogP contribution in [0, 0.1) is 0 Å². The highest BCUT2D eigenvalue weighted by Crippen LogP contribution is 2.42. The van der Waals surface area contributed by atoms with Gasteiger partial charge in [0, 0.05) is 6.16 Å². The largest absolute Gasteiger partial charge is 0.375 e. The molecule has 1 aliphatic heterocycles. The molecule has 1 fully saturated rings. The van der Waals surface area contributed by atoms with E-state index in [1.54, 1.807) is 0 Å². The Morgan fingerprint density at radius 2 is 2.31 bits per heavy atom. The third-order valence-corrected chi connectivity index (χ3v) is 3.64. The Kier molecular flexibility index (Phi) is 3.89. The Bertz CT molecular complexity index is 210. The van der Waals surface area contributed by atoms with E-state index < -0.39 is 13.8 Å². The van der Waals surface area contributed by atoms with Crippen molar-refractivity contribution in [3.63, 3.8) is 0 Å². The molecule has 13 heavy (non-hydrogen) atoms. The molecule has 0 aliphatic carbocycles. The van der Waals surface area contributed by atoms with Crippen LogP contribution < -0.4 is 0 Å². The number of ether oxygens (including phenoxy) is 1. The minimum atomic E-state index is -3.49. The standard InChI is InChI=1S/C8H16FO3P/c1-7-2-3-8(12-7)4-5-13(10,11)6-9/h7-8H,2-6H2,1H3,(H,10,11)/t7-,8?/m0/s1. The molecule has 0 amide bonds. The van der Waals surface area contributed by atoms with Gasteiger partial charge in [0.1, 0.15) is 0 Å². The molecule has 5 heteroatoms. The van der Waals surface area contributed by atoms with Gasteiger partial charge in [-0.3, -0.25) is 4.57 Å². The summed E-state index contributed by atoms with van der Waals surface area (Å²) in [7, 11) is -3.49. The summed E-state index contributed by atoms with van der Waals surface area (Å²) < 4.78 is 28.4. The summed E-state index contributed by atoms with van der Waals surface area (Å²) in [6.07, 6.45) is 1.65. The van der Waals surface area contributed by atoms with E-state index in [4.69, 9.17) is 9.63 Å². The smallest absolute Gasteiger partial charge is 0.230 e. The van der Waals surface area contributed by atoms with Gasteiger partial charge >= 0.3 is 0 Å². The zero-order valence-electron chi connectivity index (χ0n) is 7.78. The van der Waals surface area contributed by atoms with Crippen molar-refractivity contribution >= 4 is 7.37 Å². The summed E-state index contributed by atoms with van der Waals surface area (Å²) in [5.74, 6) is 0. The number of alkyl halides is 1. The molecule has 0 radical (unpaired) electrons. The topological polar surface area (TPSA) is 46.5 Å². The van der Waals surface area contributed by atoms with E-state index in [1.807, 2.05) is 6.92 Å². The van der Waals surface area contributed by atoms with Gasteiger partial charge in [0.05, 0.1) is 12.2 Å². The average molecular weight is 210 g/mol. The predicted octanol–water partition coefficient (Wildman–Crippen LogP) is 2.14. The van der Waals surface area contributed by atoms with E-state index in [0.29, 0.717) is 6.42 Å². The molecule has 0 aromatic carbocycles. The summed E-state index contributed by atoms with van der Waals surface area (Å²) in [4.78, 5) is 8.97. The van der Waals surface area contributed by atoms with Crippen LogP contribution in [0.1, 0.15) is 26.2 Å². The van der Waals surface area contributed by atoms with Crippen LogP contribution in [0.4, 0.5) is 4.39 Å². The molecule has 1 N–H and O–H groups in total. The molecule has 1 rings (SSSR count). The lowest BCUT2D eigenvalue weighted by molar-refractivity contribution is 0.0540. The highest BCUT2D eigenvalue weighted by atomic mass is 31.2. The zero-order chi connectivity index (χ0) is 9.90. The third-order valence-electron chi connectivity index (χ3n) is 2.31. The lowest BCUT2D eigenvalue weighted by Gasteiger charge is -2.12. The van der Waals surface area contributed by atoms with E-state index in [2.05, 4.69) is 0 Å². The molecule has 2 unspecified atom stereocenters. The highest BCUT2D eigenvalue weighted by Gasteiger charge is 2.25. The third kappa shape index (κ3) is 3.75. The molecule has 78 valence electrons. The quantitative estimate of drug-likeness (QED) is 0.723. The molecule has 3 nitrogen and oxygen atoms in total. The van der Waals surface area contributed by atoms with Gasteiger partial charge in [0.25, 0.3) is 0 Å². The Morgan fingerprint density at radius 3 is 2.77 bits per heavy atom. The van der Waals surface area contributed by atoms with Gasteiger partial charge in [0.2, 0.25) is 7.37 Å². The van der Waals surface area contributed by atoms with Crippen LogP contribution in [0.3, 0.4) is 0 Å². The first-order valence-corrected chi connectivity index (χ1v) is 6.59. The molecule has 0 saturated carbocycles. The summed E-state index contributed by atoms with van der Waals surface area (Å²) in [6, 6.07) is 0. The van der Waals surface area contributed by atoms with Crippen molar-refractivity contribution in [2.75, 3.05) is 12.6 Å². The molecule has 0 aromatic heterocycles. The number of rotatable bonds is 4. The molecular formula is C8H16FO3P. The minimum absolute atomic E-state index is 0.0425. The Morgan fingerprint density at radius 1 is 1.62 bits per heavy atom. The fourth-order valence-electron chi connectivity index (χ4n) is 1.50. The van der Waals surface area contributed by atoms with Crippen LogP contribution in [0.15, 0.2) is 0 Å². The first-order chi connectivity index (χ1) is 6.03. The Labute approximate surface area is 77.7 Å². The molecule has 1 aliphatic rings. The monoisotopic (exact) mass is 210 g/mol. The molecule has 1 heterocycles. The van der Waals surface area contributed by atoms with Gasteiger partial charge in [-0.2, -0.15) is 0 Å². The second kappa shape index (κ2) is 4.54. The van der Waals surface area contributed by atoms with E-state index in [-0.39, 0.29) is 18.4 Å². The first kappa shape index (κ1) is 11.2. The number of hydrogen-bond donors (Lipinski definition) is 1. The van der Waals surface area contributed by atoms with Crippen molar-refractivity contribution in [3.05, 3.63) is 0 Å². The fourth-order valence-corrected chi connectivity index (χ4v) is 2.31. The van der Waals surface area contributed by atoms with Crippen molar-refractivity contribution < 1.29 is 18.6 Å². The van der Waals surface area contributed by atoms with Crippen molar-refractivity contribution in [2.45, 2.75) is 38.4 Å². The number of halogens is 1. The van der Waals surface area contributed by atoms with Crippen LogP contribution >= 0.6 is 7.37 Å². The van der Waals surface area contributed by atoms with Crippen molar-refractivity contribution in [2.24, 2.45) is 0 Å². The molecular weight excluding hydrogens is 194 g/mol. The van der Waals surface area contributed by atoms with Gasteiger partial charge in [-0.05, 0) is 26.2 Å². The molecule has 3 atom stereocenters. The Hall–Kier alpha value is 0.0800. The van der Waals surface area contributed by atoms with Crippen LogP contribution in [-0.4, -0.2) is 29.7 Å². The lowest BCUT2D eigenvalue weighted by Crippen LogP contribution is -2.10. The predicted molar refractivity (Wildman–Crippen MR) is 48.9 cm³/mol. The van der Waals surface area contributed by atoms with E-state index >= 15 is 0 Å². The molecule has 0 spiro atoms. The SMILES string of the molecule is C[C@H]1CCC(CCP(=O)(O)CF)O1. The summed E-state index contributed by atoms with van der Waals surface area (Å²) in [5.41, 5.74) is 0. The van der Waals surface area contributed by atoms with Crippen LogP contribution in [0.2, 0.25) is 0 Å². The molecule has 1 saturated heterocycles. The van der Waals surface area contributed by atoms with Crippen LogP contribution in [-0.2, 0) is 9.30 Å². The van der Waals surface area contributed by atoms with Crippen LogP contribution in [0.25, 0.3) is 0 Å². The van der Waals surface area contributed by atoms with Gasteiger partial charge < -0.3 is 9.63 Å². The van der Waals surface area contributed by atoms with Crippen molar-refractivity contribution in [3.8, 4) is 0 Å². The van der Waals surface area contributed by atoms with Crippen molar-refractivity contribution in [1.29, 1.82) is 0 Å². The van der Waals surface area contributed by atoms with Gasteiger partial charge in [-0.1, -0.05) is 0 Å². The van der Waals surface area contributed by atoms with Crippen LogP contribution in [0.5, 0.6) is 0 Å². The highest BCUT2D eigenvalue weighted by molar-refractivity contribution is 7.57. The molecule has 0 aromatic rings. The maximum absolute atomic E-state index is 12.0. The maximum Gasteiger partial charge on any atom is 0.230 e. The second-order valence-electron chi connectivity index (χ2n) is 3.62. The van der Waals surface area contributed by atoms with Gasteiger partial charge in [-0.15, -0.1) is 0 Å². The fraction of sp³-hybridized carbons (Fsp3) is 1.00. The minimum Gasteiger partial charge on any atom is -0.375 e. The zero-order valence-corrected chi connectivity index (χ0v) is 8.67. The summed E-state index contributed by atoms with van der Waals surface area (Å²) >= 11 is 0. The average Bonchev–Trinajstić information content (AvgIpc) is 2.48. The van der Waals surface area contributed by atoms with E-state index in [0.717, 1.165) is 12.8 Å². The lowest BCUT2D eigenvalue weighted by atomic mass is 10.2. The number of hydrogen-bond acceptors (Lipinski definition) is 2. The van der Waals surface area contributed by atoms with Gasteiger partial charge in [0.15, 0.2) is 6.42 Å². The van der Waals surface area contributed by atoms with E-state index in [1.165, 1.54) is 0 Å². The normalized spacial score (nSPS) is 33.2. The van der Waals surface area contributed by atoms with E-state index in [9.17, 15) is 8.96 Å². The first-order valence-electron chi connectivity index (χ1n) is 4.56. The van der Waals surface area contributed by atoms with Crippen molar-refractivity contribution in [1.82, 2.24) is 0 Å². The summed E-state index contributed by atoms with van der Waals surface area (Å²) in [5, 5.41) is 0. The second-order valence-corrected chi connectivity index (χ2v) is 6.00. The summed E-state index contributed by atoms with van der Waals surface area (Å²) in [6.45, 7) is 1.98.